The third kappa shape index (κ3) is 4.39. The summed E-state index contributed by atoms with van der Waals surface area (Å²) in [6.45, 7) is 4.36. The number of carbonyl (C=O) groups is 3. The van der Waals surface area contributed by atoms with E-state index in [9.17, 15) is 24.6 Å². The van der Waals surface area contributed by atoms with Crippen LogP contribution in [-0.2, 0) is 9.59 Å². The highest BCUT2D eigenvalue weighted by atomic mass is 16.5. The highest BCUT2D eigenvalue weighted by molar-refractivity contribution is 6.51. The number of carboxylic acids is 1. The van der Waals surface area contributed by atoms with E-state index in [1.165, 1.54) is 23.1 Å². The van der Waals surface area contributed by atoms with E-state index in [2.05, 4.69) is 9.97 Å². The maximum absolute atomic E-state index is 13.4. The van der Waals surface area contributed by atoms with Crippen molar-refractivity contribution in [2.75, 3.05) is 11.5 Å². The fraction of sp³-hybridized carbons (Fsp3) is 0.172. The van der Waals surface area contributed by atoms with Crippen molar-refractivity contribution in [1.29, 1.82) is 0 Å². The van der Waals surface area contributed by atoms with Crippen molar-refractivity contribution >= 4 is 40.4 Å². The number of aromatic carboxylic acids is 1. The zero-order valence-corrected chi connectivity index (χ0v) is 20.8. The summed E-state index contributed by atoms with van der Waals surface area (Å²) >= 11 is 0. The third-order valence-corrected chi connectivity index (χ3v) is 6.33. The number of hydrogen-bond acceptors (Lipinski definition) is 6. The number of fused-ring (bicyclic) bond motifs is 1. The summed E-state index contributed by atoms with van der Waals surface area (Å²) in [6, 6.07) is 17.4. The lowest BCUT2D eigenvalue weighted by Crippen LogP contribution is -2.30. The highest BCUT2D eigenvalue weighted by Crippen LogP contribution is 2.42. The molecule has 1 saturated heterocycles. The first kappa shape index (κ1) is 24.8. The van der Waals surface area contributed by atoms with Crippen LogP contribution in [0.3, 0.4) is 0 Å². The number of amides is 1. The lowest BCUT2D eigenvalue weighted by atomic mass is 9.94. The summed E-state index contributed by atoms with van der Waals surface area (Å²) in [6.07, 6.45) is 0.806. The Kier molecular flexibility index (Phi) is 6.42. The van der Waals surface area contributed by atoms with Crippen LogP contribution in [0.25, 0.3) is 16.8 Å². The van der Waals surface area contributed by atoms with Gasteiger partial charge in [-0.15, -0.1) is 0 Å². The van der Waals surface area contributed by atoms with E-state index >= 15 is 0 Å². The number of nitrogens with one attached hydrogen (secondary N) is 1. The molecule has 0 aliphatic carbocycles. The summed E-state index contributed by atoms with van der Waals surface area (Å²) in [7, 11) is 0. The molecule has 2 heterocycles. The van der Waals surface area contributed by atoms with Gasteiger partial charge in [-0.1, -0.05) is 48.9 Å². The first-order valence-electron chi connectivity index (χ1n) is 12.1. The Hall–Kier alpha value is -4.92. The number of ketones is 1. The first-order valence-corrected chi connectivity index (χ1v) is 12.1. The molecule has 0 bridgehead atoms. The molecule has 1 unspecified atom stereocenters. The van der Waals surface area contributed by atoms with Gasteiger partial charge in [0.1, 0.15) is 11.5 Å². The molecule has 5 rings (SSSR count). The number of aliphatic hydroxyl groups excluding tert-OH is 1. The fourth-order valence-corrected chi connectivity index (χ4v) is 4.56. The van der Waals surface area contributed by atoms with Crippen LogP contribution in [0, 0.1) is 6.92 Å². The maximum Gasteiger partial charge on any atom is 0.335 e. The second-order valence-electron chi connectivity index (χ2n) is 9.06. The highest BCUT2D eigenvalue weighted by Gasteiger charge is 2.48. The van der Waals surface area contributed by atoms with Gasteiger partial charge in [0.2, 0.25) is 5.95 Å². The van der Waals surface area contributed by atoms with E-state index in [1.807, 2.05) is 32.0 Å². The number of aryl methyl sites for hydroxylation is 1. The minimum absolute atomic E-state index is 0.0511. The van der Waals surface area contributed by atoms with Crippen LogP contribution >= 0.6 is 0 Å². The summed E-state index contributed by atoms with van der Waals surface area (Å²) in [5.74, 6) is -2.56. The normalized spacial score (nSPS) is 16.8. The van der Waals surface area contributed by atoms with Crippen molar-refractivity contribution in [3.05, 3.63) is 94.6 Å². The number of benzene rings is 3. The Bertz CT molecular complexity index is 1620. The molecule has 1 atom stereocenters. The summed E-state index contributed by atoms with van der Waals surface area (Å²) < 4.78 is 5.68. The SMILES string of the molecule is CCCOc1cccc(/C(O)=C2\C(=O)C(=O)N(c3nc4ccc(C(=O)O)cc4[nH]3)C2c2cccc(C)c2)c1. The molecule has 9 nitrogen and oxygen atoms in total. The van der Waals surface area contributed by atoms with Crippen molar-refractivity contribution in [3.63, 3.8) is 0 Å². The molecular weight excluding hydrogens is 486 g/mol. The maximum atomic E-state index is 13.4. The van der Waals surface area contributed by atoms with Crippen molar-refractivity contribution in [2.24, 2.45) is 0 Å². The largest absolute Gasteiger partial charge is 0.507 e. The molecule has 38 heavy (non-hydrogen) atoms. The van der Waals surface area contributed by atoms with Gasteiger partial charge < -0.3 is 19.9 Å². The molecule has 4 aromatic rings. The van der Waals surface area contributed by atoms with Gasteiger partial charge in [0, 0.05) is 5.56 Å². The lowest BCUT2D eigenvalue weighted by molar-refractivity contribution is -0.132. The molecule has 0 spiro atoms. The van der Waals surface area contributed by atoms with Gasteiger partial charge in [-0.2, -0.15) is 0 Å². The molecule has 1 fully saturated rings. The number of aromatic amines is 1. The minimum atomic E-state index is -1.10. The average molecular weight is 512 g/mol. The number of anilines is 1. The quantitative estimate of drug-likeness (QED) is 0.181. The topological polar surface area (TPSA) is 133 Å². The van der Waals surface area contributed by atoms with E-state index in [-0.39, 0.29) is 22.8 Å². The summed E-state index contributed by atoms with van der Waals surface area (Å²) in [5, 5.41) is 20.7. The van der Waals surface area contributed by atoms with Gasteiger partial charge in [0.25, 0.3) is 5.78 Å². The molecule has 1 amide bonds. The molecular formula is C29H25N3O6. The van der Waals surface area contributed by atoms with Crippen LogP contribution in [0.1, 0.15) is 46.4 Å². The number of hydrogen-bond donors (Lipinski definition) is 3. The van der Waals surface area contributed by atoms with E-state index in [4.69, 9.17) is 4.74 Å². The van der Waals surface area contributed by atoms with Crippen LogP contribution in [0.4, 0.5) is 5.95 Å². The molecule has 3 N–H and O–H groups in total. The number of nitrogens with zero attached hydrogens (tertiary/aromatic N) is 2. The average Bonchev–Trinajstić information content (AvgIpc) is 3.44. The number of imidazole rings is 1. The van der Waals surface area contributed by atoms with Crippen LogP contribution in [0.5, 0.6) is 5.75 Å². The number of carboxylic acid groups (broad SMARTS) is 1. The van der Waals surface area contributed by atoms with Crippen LogP contribution in [0.15, 0.2) is 72.3 Å². The van der Waals surface area contributed by atoms with Crippen LogP contribution < -0.4 is 9.64 Å². The number of H-pyrrole nitrogens is 1. The van der Waals surface area contributed by atoms with E-state index in [0.29, 0.717) is 34.5 Å². The van der Waals surface area contributed by atoms with Crippen LogP contribution in [-0.4, -0.2) is 44.4 Å². The molecule has 0 radical (unpaired) electrons. The zero-order chi connectivity index (χ0) is 27.0. The number of rotatable bonds is 7. The first-order chi connectivity index (χ1) is 18.3. The Labute approximate surface area is 218 Å². The minimum Gasteiger partial charge on any atom is -0.507 e. The molecule has 9 heteroatoms. The van der Waals surface area contributed by atoms with Gasteiger partial charge >= 0.3 is 11.9 Å². The second-order valence-corrected chi connectivity index (χ2v) is 9.06. The van der Waals surface area contributed by atoms with Gasteiger partial charge in [-0.3, -0.25) is 14.5 Å². The Morgan fingerprint density at radius 3 is 2.55 bits per heavy atom. The second kappa shape index (κ2) is 9.85. The molecule has 192 valence electrons. The standard InChI is InChI=1S/C29H25N3O6/c1-3-12-38-20-9-5-8-18(14-20)25(33)23-24(17-7-4-6-16(2)13-17)32(27(35)26(23)34)29-30-21-11-10-19(28(36)37)15-22(21)31-29/h4-11,13-15,24,33H,3,12H2,1-2H3,(H,30,31)(H,36,37)/b25-23+. The van der Waals surface area contributed by atoms with Gasteiger partial charge in [-0.25, -0.2) is 9.78 Å². The molecule has 0 saturated carbocycles. The van der Waals surface area contributed by atoms with Crippen molar-refractivity contribution in [3.8, 4) is 5.75 Å². The van der Waals surface area contributed by atoms with Crippen molar-refractivity contribution < 1.29 is 29.3 Å². The molecule has 1 aliphatic heterocycles. The van der Waals surface area contributed by atoms with Gasteiger partial charge in [-0.05, 0) is 49.2 Å². The zero-order valence-electron chi connectivity index (χ0n) is 20.8. The monoisotopic (exact) mass is 511 g/mol. The Morgan fingerprint density at radius 2 is 1.82 bits per heavy atom. The lowest BCUT2D eigenvalue weighted by Gasteiger charge is -2.23. The van der Waals surface area contributed by atoms with E-state index < -0.39 is 23.7 Å². The predicted molar refractivity (Wildman–Crippen MR) is 141 cm³/mol. The summed E-state index contributed by atoms with van der Waals surface area (Å²) in [5.41, 5.74) is 2.64. The Morgan fingerprint density at radius 1 is 1.03 bits per heavy atom. The fourth-order valence-electron chi connectivity index (χ4n) is 4.56. The van der Waals surface area contributed by atoms with Gasteiger partial charge in [0.15, 0.2) is 0 Å². The smallest absolute Gasteiger partial charge is 0.335 e. The number of aliphatic hydroxyl groups is 1. The summed E-state index contributed by atoms with van der Waals surface area (Å²) in [4.78, 5) is 46.9. The third-order valence-electron chi connectivity index (χ3n) is 6.33. The number of carbonyl (C=O) groups excluding carboxylic acids is 2. The molecule has 1 aromatic heterocycles. The predicted octanol–water partition coefficient (Wildman–Crippen LogP) is 4.98. The van der Waals surface area contributed by atoms with Crippen LogP contribution in [0.2, 0.25) is 0 Å². The van der Waals surface area contributed by atoms with Gasteiger partial charge in [0.05, 0.1) is 34.8 Å². The Balaban J connectivity index is 1.68. The molecule has 1 aliphatic rings. The van der Waals surface area contributed by atoms with E-state index in [1.54, 1.807) is 30.3 Å². The number of Topliss-reactive ketones (excluding diaryl/α,β-unsaturated/α-hetero) is 1. The van der Waals surface area contributed by atoms with Crippen molar-refractivity contribution in [1.82, 2.24) is 9.97 Å². The van der Waals surface area contributed by atoms with Crippen molar-refractivity contribution in [2.45, 2.75) is 26.3 Å². The number of ether oxygens (including phenoxy) is 1. The van der Waals surface area contributed by atoms with E-state index in [0.717, 1.165) is 12.0 Å². The number of aromatic nitrogens is 2. The molecule has 3 aromatic carbocycles.